The Morgan fingerprint density at radius 3 is 2.76 bits per heavy atom. The Bertz CT molecular complexity index is 1030. The number of aromatic nitrogens is 3. The van der Waals surface area contributed by atoms with Gasteiger partial charge in [-0.05, 0) is 42.5 Å². The van der Waals surface area contributed by atoms with Crippen LogP contribution in [0.2, 0.25) is 5.02 Å². The molecule has 2 heterocycles. The second-order valence-corrected chi connectivity index (χ2v) is 5.90. The Labute approximate surface area is 148 Å². The first-order valence-corrected chi connectivity index (χ1v) is 8.04. The third-order valence-electron chi connectivity index (χ3n) is 3.80. The standard InChI is InChI=1S/C19H13ClN4O/c20-14-8-7-12(18-22-15-5-1-2-6-16(15)23-18)10-17(14)24-19(25)13-4-3-9-21-11-13/h1-11H,(H,22,23)(H,24,25). The van der Waals surface area contributed by atoms with E-state index in [1.54, 1.807) is 30.5 Å². The summed E-state index contributed by atoms with van der Waals surface area (Å²) in [6, 6.07) is 16.6. The fraction of sp³-hybridized carbons (Fsp3) is 0. The number of carbonyl (C=O) groups is 1. The molecule has 4 rings (SSSR count). The molecule has 0 bridgehead atoms. The maximum atomic E-state index is 12.3. The van der Waals surface area contributed by atoms with E-state index < -0.39 is 0 Å². The molecular weight excluding hydrogens is 336 g/mol. The molecule has 2 N–H and O–H groups in total. The zero-order valence-corrected chi connectivity index (χ0v) is 13.8. The molecule has 4 aromatic rings. The second-order valence-electron chi connectivity index (χ2n) is 5.49. The SMILES string of the molecule is O=C(Nc1cc(-c2nc3ccccc3[nH]2)ccc1Cl)c1cccnc1. The molecule has 5 nitrogen and oxygen atoms in total. The normalized spacial score (nSPS) is 10.8. The van der Waals surface area contributed by atoms with Gasteiger partial charge in [-0.15, -0.1) is 0 Å². The highest BCUT2D eigenvalue weighted by Gasteiger charge is 2.11. The van der Waals surface area contributed by atoms with Crippen molar-refractivity contribution in [2.45, 2.75) is 0 Å². The summed E-state index contributed by atoms with van der Waals surface area (Å²) in [7, 11) is 0. The van der Waals surface area contributed by atoms with Crippen molar-refractivity contribution in [1.29, 1.82) is 0 Å². The number of para-hydroxylation sites is 2. The number of nitrogens with one attached hydrogen (secondary N) is 2. The van der Waals surface area contributed by atoms with Crippen LogP contribution in [0.5, 0.6) is 0 Å². The third kappa shape index (κ3) is 3.09. The minimum atomic E-state index is -0.267. The van der Waals surface area contributed by atoms with Crippen molar-refractivity contribution >= 4 is 34.2 Å². The number of nitrogens with zero attached hydrogens (tertiary/aromatic N) is 2. The lowest BCUT2D eigenvalue weighted by atomic mass is 10.2. The van der Waals surface area contributed by atoms with Crippen LogP contribution in [0.15, 0.2) is 67.0 Å². The van der Waals surface area contributed by atoms with Crippen molar-refractivity contribution in [3.8, 4) is 11.4 Å². The lowest BCUT2D eigenvalue weighted by Crippen LogP contribution is -2.12. The van der Waals surface area contributed by atoms with E-state index in [-0.39, 0.29) is 5.91 Å². The van der Waals surface area contributed by atoms with Crippen LogP contribution >= 0.6 is 11.6 Å². The van der Waals surface area contributed by atoms with Gasteiger partial charge >= 0.3 is 0 Å². The quantitative estimate of drug-likeness (QED) is 0.571. The number of rotatable bonds is 3. The first kappa shape index (κ1) is 15.4. The third-order valence-corrected chi connectivity index (χ3v) is 4.13. The summed E-state index contributed by atoms with van der Waals surface area (Å²) in [5, 5.41) is 3.27. The van der Waals surface area contributed by atoms with Gasteiger partial charge in [-0.2, -0.15) is 0 Å². The molecule has 2 aromatic heterocycles. The molecule has 0 aliphatic carbocycles. The van der Waals surface area contributed by atoms with Crippen molar-refractivity contribution < 1.29 is 4.79 Å². The van der Waals surface area contributed by atoms with Crippen LogP contribution in [0.25, 0.3) is 22.4 Å². The number of anilines is 1. The number of hydrogen-bond donors (Lipinski definition) is 2. The van der Waals surface area contributed by atoms with Crippen molar-refractivity contribution in [2.75, 3.05) is 5.32 Å². The van der Waals surface area contributed by atoms with Crippen LogP contribution in [0.4, 0.5) is 5.69 Å². The number of benzene rings is 2. The van der Waals surface area contributed by atoms with E-state index >= 15 is 0 Å². The lowest BCUT2D eigenvalue weighted by molar-refractivity contribution is 0.102. The number of halogens is 1. The molecule has 0 spiro atoms. The maximum Gasteiger partial charge on any atom is 0.257 e. The summed E-state index contributed by atoms with van der Waals surface area (Å²) in [5.41, 5.74) is 3.66. The predicted molar refractivity (Wildman–Crippen MR) is 98.7 cm³/mol. The smallest absolute Gasteiger partial charge is 0.257 e. The number of amides is 1. The van der Waals surface area contributed by atoms with Gasteiger partial charge in [0.25, 0.3) is 5.91 Å². The second kappa shape index (κ2) is 6.37. The maximum absolute atomic E-state index is 12.3. The molecule has 2 aromatic carbocycles. The molecule has 0 atom stereocenters. The minimum Gasteiger partial charge on any atom is -0.338 e. The summed E-state index contributed by atoms with van der Waals surface area (Å²) in [6.07, 6.45) is 3.12. The summed E-state index contributed by atoms with van der Waals surface area (Å²) < 4.78 is 0. The van der Waals surface area contributed by atoms with Gasteiger partial charge in [0.1, 0.15) is 5.82 Å². The first-order valence-electron chi connectivity index (χ1n) is 7.67. The Balaban J connectivity index is 1.67. The van der Waals surface area contributed by atoms with Gasteiger partial charge in [0.15, 0.2) is 0 Å². The molecule has 0 unspecified atom stereocenters. The molecule has 6 heteroatoms. The van der Waals surface area contributed by atoms with Crippen molar-refractivity contribution in [2.24, 2.45) is 0 Å². The van der Waals surface area contributed by atoms with Crippen LogP contribution in [-0.2, 0) is 0 Å². The van der Waals surface area contributed by atoms with Crippen LogP contribution in [0.1, 0.15) is 10.4 Å². The largest absolute Gasteiger partial charge is 0.338 e. The van der Waals surface area contributed by atoms with Gasteiger partial charge in [0.05, 0.1) is 27.3 Å². The average molecular weight is 349 g/mol. The average Bonchev–Trinajstić information content (AvgIpc) is 3.08. The van der Waals surface area contributed by atoms with E-state index in [2.05, 4.69) is 20.3 Å². The van der Waals surface area contributed by atoms with Crippen molar-refractivity contribution in [3.63, 3.8) is 0 Å². The summed E-state index contributed by atoms with van der Waals surface area (Å²) in [5.74, 6) is 0.450. The number of pyridine rings is 1. The number of fused-ring (bicyclic) bond motifs is 1. The van der Waals surface area contributed by atoms with Gasteiger partial charge in [-0.3, -0.25) is 9.78 Å². The van der Waals surface area contributed by atoms with Crippen molar-refractivity contribution in [1.82, 2.24) is 15.0 Å². The van der Waals surface area contributed by atoms with E-state index in [0.717, 1.165) is 22.4 Å². The van der Waals surface area contributed by atoms with Gasteiger partial charge < -0.3 is 10.3 Å². The molecule has 0 aliphatic heterocycles. The fourth-order valence-electron chi connectivity index (χ4n) is 2.55. The van der Waals surface area contributed by atoms with E-state index in [0.29, 0.717) is 16.3 Å². The Kier molecular flexibility index (Phi) is 3.91. The van der Waals surface area contributed by atoms with Gasteiger partial charge in [-0.25, -0.2) is 4.98 Å². The van der Waals surface area contributed by atoms with Crippen LogP contribution in [0.3, 0.4) is 0 Å². The summed E-state index contributed by atoms with van der Waals surface area (Å²) in [4.78, 5) is 24.1. The molecule has 0 fully saturated rings. The minimum absolute atomic E-state index is 0.267. The van der Waals surface area contributed by atoms with Gasteiger partial charge in [0, 0.05) is 18.0 Å². The highest BCUT2D eigenvalue weighted by atomic mass is 35.5. The zero-order chi connectivity index (χ0) is 17.2. The molecule has 122 valence electrons. The fourth-order valence-corrected chi connectivity index (χ4v) is 2.71. The molecule has 0 radical (unpaired) electrons. The number of hydrogen-bond acceptors (Lipinski definition) is 3. The predicted octanol–water partition coefficient (Wildman–Crippen LogP) is 4.53. The monoisotopic (exact) mass is 348 g/mol. The first-order chi connectivity index (χ1) is 12.2. The van der Waals surface area contributed by atoms with E-state index in [9.17, 15) is 4.79 Å². The molecule has 25 heavy (non-hydrogen) atoms. The zero-order valence-electron chi connectivity index (χ0n) is 13.0. The number of aromatic amines is 1. The molecule has 0 saturated carbocycles. The highest BCUT2D eigenvalue weighted by Crippen LogP contribution is 2.29. The lowest BCUT2D eigenvalue weighted by Gasteiger charge is -2.08. The van der Waals surface area contributed by atoms with E-state index in [1.165, 1.54) is 6.20 Å². The molecule has 1 amide bonds. The highest BCUT2D eigenvalue weighted by molar-refractivity contribution is 6.34. The molecule has 0 aliphatic rings. The van der Waals surface area contributed by atoms with Crippen LogP contribution in [-0.4, -0.2) is 20.9 Å². The van der Waals surface area contributed by atoms with Crippen LogP contribution in [0, 0.1) is 0 Å². The Hall–Kier alpha value is -3.18. The molecular formula is C19H13ClN4O. The summed E-state index contributed by atoms with van der Waals surface area (Å²) in [6.45, 7) is 0. The van der Waals surface area contributed by atoms with E-state index in [1.807, 2.05) is 30.3 Å². The summed E-state index contributed by atoms with van der Waals surface area (Å²) >= 11 is 6.23. The number of H-pyrrole nitrogens is 1. The number of imidazole rings is 1. The Morgan fingerprint density at radius 2 is 1.96 bits per heavy atom. The van der Waals surface area contributed by atoms with Gasteiger partial charge in [0.2, 0.25) is 0 Å². The van der Waals surface area contributed by atoms with Crippen LogP contribution < -0.4 is 5.32 Å². The number of carbonyl (C=O) groups excluding carboxylic acids is 1. The van der Waals surface area contributed by atoms with Crippen molar-refractivity contribution in [3.05, 3.63) is 77.6 Å². The van der Waals surface area contributed by atoms with E-state index in [4.69, 9.17) is 11.6 Å². The molecule has 0 saturated heterocycles. The Morgan fingerprint density at radius 1 is 1.08 bits per heavy atom. The topological polar surface area (TPSA) is 70.7 Å². The van der Waals surface area contributed by atoms with Gasteiger partial charge in [-0.1, -0.05) is 23.7 Å².